The second-order valence-corrected chi connectivity index (χ2v) is 4.71. The second-order valence-electron chi connectivity index (χ2n) is 4.32. The van der Waals surface area contributed by atoms with Crippen LogP contribution in [0.2, 0.25) is 5.15 Å². The lowest BCUT2D eigenvalue weighted by Crippen LogP contribution is -2.11. The fourth-order valence-electron chi connectivity index (χ4n) is 2.04. The summed E-state index contributed by atoms with van der Waals surface area (Å²) in [6.07, 6.45) is -3.90. The van der Waals surface area contributed by atoms with Crippen molar-refractivity contribution in [2.24, 2.45) is 0 Å². The summed E-state index contributed by atoms with van der Waals surface area (Å²) in [5.74, 6) is -0.485. The van der Waals surface area contributed by atoms with E-state index in [-0.39, 0.29) is 10.8 Å². The van der Waals surface area contributed by atoms with Crippen LogP contribution in [0.4, 0.5) is 13.2 Å². The van der Waals surface area contributed by atoms with Crippen molar-refractivity contribution in [2.45, 2.75) is 12.6 Å². The highest BCUT2D eigenvalue weighted by atomic mass is 35.5. The van der Waals surface area contributed by atoms with Crippen LogP contribution in [0.3, 0.4) is 0 Å². The number of rotatable bonds is 1. The second kappa shape index (κ2) is 4.63. The predicted molar refractivity (Wildman–Crippen MR) is 66.7 cm³/mol. The van der Waals surface area contributed by atoms with Crippen molar-refractivity contribution in [1.82, 2.24) is 9.97 Å². The standard InChI is InChI=1S/C13H8ClF3N2O/c14-11-6-9(18-12(19-11)13(15,16)17)7-1-2-10-8(5-7)3-4-20-10/h1-2,5-6H,3-4H2. The van der Waals surface area contributed by atoms with Gasteiger partial charge in [-0.05, 0) is 23.8 Å². The highest BCUT2D eigenvalue weighted by Gasteiger charge is 2.35. The van der Waals surface area contributed by atoms with E-state index in [1.165, 1.54) is 6.07 Å². The smallest absolute Gasteiger partial charge is 0.451 e. The molecule has 0 bridgehead atoms. The normalized spacial score (nSPS) is 14.0. The molecular weight excluding hydrogens is 293 g/mol. The summed E-state index contributed by atoms with van der Waals surface area (Å²) in [5.41, 5.74) is 1.65. The SMILES string of the molecule is FC(F)(F)c1nc(Cl)cc(-c2ccc3c(c2)CCO3)n1. The zero-order chi connectivity index (χ0) is 14.3. The first-order chi connectivity index (χ1) is 9.43. The zero-order valence-electron chi connectivity index (χ0n) is 10.0. The third-order valence-electron chi connectivity index (χ3n) is 2.93. The van der Waals surface area contributed by atoms with E-state index in [0.717, 1.165) is 17.7 Å². The molecule has 0 aliphatic carbocycles. The highest BCUT2D eigenvalue weighted by molar-refractivity contribution is 6.29. The van der Waals surface area contributed by atoms with Gasteiger partial charge in [-0.3, -0.25) is 0 Å². The van der Waals surface area contributed by atoms with Crippen LogP contribution in [0.15, 0.2) is 24.3 Å². The van der Waals surface area contributed by atoms with Gasteiger partial charge in [0, 0.05) is 18.1 Å². The molecule has 1 aromatic heterocycles. The summed E-state index contributed by atoms with van der Waals surface area (Å²) < 4.78 is 43.4. The van der Waals surface area contributed by atoms with Gasteiger partial charge in [-0.2, -0.15) is 13.2 Å². The number of halogens is 4. The molecule has 20 heavy (non-hydrogen) atoms. The Morgan fingerprint density at radius 3 is 2.70 bits per heavy atom. The minimum absolute atomic E-state index is 0.145. The molecule has 0 saturated carbocycles. The van der Waals surface area contributed by atoms with Crippen molar-refractivity contribution in [1.29, 1.82) is 0 Å². The number of hydrogen-bond donors (Lipinski definition) is 0. The highest BCUT2D eigenvalue weighted by Crippen LogP contribution is 2.33. The van der Waals surface area contributed by atoms with Gasteiger partial charge >= 0.3 is 6.18 Å². The molecule has 3 rings (SSSR count). The third-order valence-corrected chi connectivity index (χ3v) is 3.13. The Kier molecular flexibility index (Phi) is 3.05. The van der Waals surface area contributed by atoms with Gasteiger partial charge in [0.1, 0.15) is 10.9 Å². The van der Waals surface area contributed by atoms with E-state index in [1.807, 2.05) is 0 Å². The largest absolute Gasteiger partial charge is 0.493 e. The van der Waals surface area contributed by atoms with E-state index in [2.05, 4.69) is 9.97 Å². The van der Waals surface area contributed by atoms with Crippen LogP contribution in [0.25, 0.3) is 11.3 Å². The van der Waals surface area contributed by atoms with Crippen LogP contribution in [0.5, 0.6) is 5.75 Å². The number of benzene rings is 1. The zero-order valence-corrected chi connectivity index (χ0v) is 10.8. The molecule has 1 aromatic carbocycles. The van der Waals surface area contributed by atoms with Crippen molar-refractivity contribution >= 4 is 11.6 Å². The summed E-state index contributed by atoms with van der Waals surface area (Å²) in [6.45, 7) is 0.580. The molecule has 0 fully saturated rings. The molecule has 0 amide bonds. The Morgan fingerprint density at radius 1 is 1.15 bits per heavy atom. The molecule has 0 unspecified atom stereocenters. The van der Waals surface area contributed by atoms with Crippen LogP contribution >= 0.6 is 11.6 Å². The Morgan fingerprint density at radius 2 is 1.95 bits per heavy atom. The minimum Gasteiger partial charge on any atom is -0.493 e. The molecule has 3 nitrogen and oxygen atoms in total. The first-order valence-electron chi connectivity index (χ1n) is 5.81. The number of nitrogens with zero attached hydrogens (tertiary/aromatic N) is 2. The van der Waals surface area contributed by atoms with Gasteiger partial charge in [-0.1, -0.05) is 11.6 Å². The molecule has 1 aliphatic heterocycles. The van der Waals surface area contributed by atoms with Crippen LogP contribution < -0.4 is 4.74 Å². The molecule has 0 N–H and O–H groups in total. The first-order valence-corrected chi connectivity index (χ1v) is 6.19. The van der Waals surface area contributed by atoms with Crippen molar-refractivity contribution in [2.75, 3.05) is 6.61 Å². The van der Waals surface area contributed by atoms with Crippen molar-refractivity contribution < 1.29 is 17.9 Å². The average Bonchev–Trinajstić information content (AvgIpc) is 2.84. The van der Waals surface area contributed by atoms with Crippen LogP contribution in [-0.4, -0.2) is 16.6 Å². The van der Waals surface area contributed by atoms with E-state index in [9.17, 15) is 13.2 Å². The summed E-state index contributed by atoms with van der Waals surface area (Å²) in [5, 5.41) is -0.237. The Labute approximate surface area is 117 Å². The van der Waals surface area contributed by atoms with Crippen molar-refractivity contribution in [3.8, 4) is 17.0 Å². The summed E-state index contributed by atoms with van der Waals surface area (Å²) in [6, 6.07) is 6.46. The molecule has 1 aliphatic rings. The molecule has 104 valence electrons. The molecule has 2 aromatic rings. The van der Waals surface area contributed by atoms with Crippen molar-refractivity contribution in [3.63, 3.8) is 0 Å². The van der Waals surface area contributed by atoms with Crippen molar-refractivity contribution in [3.05, 3.63) is 40.8 Å². The quantitative estimate of drug-likeness (QED) is 0.752. The lowest BCUT2D eigenvalue weighted by atomic mass is 10.1. The van der Waals surface area contributed by atoms with Gasteiger partial charge in [0.05, 0.1) is 12.3 Å². The summed E-state index contributed by atoms with van der Waals surface area (Å²) in [7, 11) is 0. The lowest BCUT2D eigenvalue weighted by molar-refractivity contribution is -0.144. The molecule has 0 saturated heterocycles. The minimum atomic E-state index is -4.63. The predicted octanol–water partition coefficient (Wildman–Crippen LogP) is 3.75. The molecule has 2 heterocycles. The molecule has 0 spiro atoms. The van der Waals surface area contributed by atoms with E-state index < -0.39 is 12.0 Å². The number of alkyl halides is 3. The fourth-order valence-corrected chi connectivity index (χ4v) is 2.22. The number of ether oxygens (including phenoxy) is 1. The van der Waals surface area contributed by atoms with Crippen LogP contribution in [-0.2, 0) is 12.6 Å². The fraction of sp³-hybridized carbons (Fsp3) is 0.231. The Bertz CT molecular complexity index is 673. The molecular formula is C13H8ClF3N2O. The molecule has 0 radical (unpaired) electrons. The van der Waals surface area contributed by atoms with Gasteiger partial charge < -0.3 is 4.74 Å². The van der Waals surface area contributed by atoms with Gasteiger partial charge in [-0.15, -0.1) is 0 Å². The van der Waals surface area contributed by atoms with Crippen LogP contribution in [0, 0.1) is 0 Å². The Hall–Kier alpha value is -1.82. The van der Waals surface area contributed by atoms with E-state index in [1.54, 1.807) is 18.2 Å². The van der Waals surface area contributed by atoms with E-state index >= 15 is 0 Å². The molecule has 0 atom stereocenters. The maximum Gasteiger partial charge on any atom is 0.451 e. The number of hydrogen-bond acceptors (Lipinski definition) is 3. The topological polar surface area (TPSA) is 35.0 Å². The average molecular weight is 301 g/mol. The monoisotopic (exact) mass is 300 g/mol. The number of aromatic nitrogens is 2. The van der Waals surface area contributed by atoms with Gasteiger partial charge in [-0.25, -0.2) is 9.97 Å². The summed E-state index contributed by atoms with van der Waals surface area (Å²) in [4.78, 5) is 6.75. The van der Waals surface area contributed by atoms with Gasteiger partial charge in [0.2, 0.25) is 5.82 Å². The lowest BCUT2D eigenvalue weighted by Gasteiger charge is -2.08. The molecule has 7 heteroatoms. The maximum atomic E-state index is 12.7. The van der Waals surface area contributed by atoms with Crippen LogP contribution in [0.1, 0.15) is 11.4 Å². The Balaban J connectivity index is 2.08. The summed E-state index contributed by atoms with van der Waals surface area (Å²) >= 11 is 5.65. The van der Waals surface area contributed by atoms with E-state index in [0.29, 0.717) is 12.2 Å². The maximum absolute atomic E-state index is 12.7. The van der Waals surface area contributed by atoms with Gasteiger partial charge in [0.25, 0.3) is 0 Å². The third kappa shape index (κ3) is 2.43. The number of fused-ring (bicyclic) bond motifs is 1. The van der Waals surface area contributed by atoms with Gasteiger partial charge in [0.15, 0.2) is 0 Å². The van der Waals surface area contributed by atoms with E-state index in [4.69, 9.17) is 16.3 Å². The first kappa shape index (κ1) is 13.2.